The first-order chi connectivity index (χ1) is 22.4. The molecule has 0 aromatic rings. The van der Waals surface area contributed by atoms with Crippen LogP contribution in [0.2, 0.25) is 0 Å². The van der Waals surface area contributed by atoms with Gasteiger partial charge >= 0.3 is 18.2 Å². The molecule has 3 unspecified atom stereocenters. The molecular formula is C38H60N2O8. The maximum Gasteiger partial charge on any atom is 0.410 e. The average molecular weight is 673 g/mol. The summed E-state index contributed by atoms with van der Waals surface area (Å²) < 4.78 is 19.1. The van der Waals surface area contributed by atoms with Crippen LogP contribution in [0.25, 0.3) is 0 Å². The first-order valence-corrected chi connectivity index (χ1v) is 18.9. The number of aliphatic hydroxyl groups excluding tert-OH is 1. The average Bonchev–Trinajstić information content (AvgIpc) is 3.61. The fourth-order valence-electron chi connectivity index (χ4n) is 13.5. The van der Waals surface area contributed by atoms with Crippen LogP contribution in [-0.2, 0) is 19.0 Å². The molecule has 2 saturated heterocycles. The Labute approximate surface area is 286 Å². The number of hydrogen-bond acceptors (Lipinski definition) is 7. The van der Waals surface area contributed by atoms with Gasteiger partial charge in [0.1, 0.15) is 18.2 Å². The number of amides is 2. The molecular weight excluding hydrogens is 612 g/mol. The molecule has 2 amide bonds. The first kappa shape index (κ1) is 34.4. The van der Waals surface area contributed by atoms with Crippen LogP contribution in [0.5, 0.6) is 0 Å². The zero-order valence-electron chi connectivity index (χ0n) is 30.4. The Balaban J connectivity index is 1.11. The minimum Gasteiger partial charge on any atom is -0.480 e. The van der Waals surface area contributed by atoms with Gasteiger partial charge < -0.3 is 34.6 Å². The number of fused-ring (bicyclic) bond motifs is 4. The standard InChI is InChI=1S/C38H60N2O8/c1-20(2)28(48-33(45)40-16-9-17-40)23-18-21(3)27-29(46-23)30(41)36(8)25-11-10-24-34(5,6)26(47-32(44)39-22(4)31(42)43)12-13-37(24)19-38(25,37)15-14-35(27,36)7/h20-30,41H,9-19H2,1-8H3,(H,39,44)(H,42,43)/t21-,22+,23?,24+,25?,26+,27+,28-,29?,30+,35-,36-,37-,38+/m1/s1. The lowest BCUT2D eigenvalue weighted by molar-refractivity contribution is -0.185. The Bertz CT molecular complexity index is 1330. The van der Waals surface area contributed by atoms with Crippen LogP contribution in [0, 0.1) is 56.7 Å². The van der Waals surface area contributed by atoms with E-state index >= 15 is 0 Å². The summed E-state index contributed by atoms with van der Waals surface area (Å²) in [6.07, 6.45) is 6.43. The number of rotatable bonds is 6. The number of aliphatic carboxylic acids is 1. The molecule has 0 aromatic heterocycles. The van der Waals surface area contributed by atoms with E-state index in [0.717, 1.165) is 64.5 Å². The van der Waals surface area contributed by atoms with Crippen molar-refractivity contribution in [3.8, 4) is 0 Å². The van der Waals surface area contributed by atoms with E-state index < -0.39 is 24.2 Å². The van der Waals surface area contributed by atoms with E-state index in [0.29, 0.717) is 17.8 Å². The number of nitrogens with zero attached hydrogens (tertiary/aromatic N) is 1. The Morgan fingerprint density at radius 3 is 2.25 bits per heavy atom. The van der Waals surface area contributed by atoms with Crippen molar-refractivity contribution in [1.82, 2.24) is 10.2 Å². The second kappa shape index (κ2) is 11.2. The highest BCUT2D eigenvalue weighted by Gasteiger charge is 2.84. The van der Waals surface area contributed by atoms with Crippen LogP contribution in [-0.4, -0.2) is 82.9 Å². The number of aliphatic hydroxyl groups is 1. The third-order valence-electron chi connectivity index (χ3n) is 16.1. The van der Waals surface area contributed by atoms with Gasteiger partial charge in [-0.2, -0.15) is 0 Å². The zero-order valence-corrected chi connectivity index (χ0v) is 30.4. The molecule has 0 bridgehead atoms. The van der Waals surface area contributed by atoms with E-state index in [1.165, 1.54) is 13.3 Å². The van der Waals surface area contributed by atoms with Crippen molar-refractivity contribution < 1.29 is 38.8 Å². The molecule has 7 fully saturated rings. The highest BCUT2D eigenvalue weighted by atomic mass is 16.6. The SMILES string of the molecule is CC(C)[C@@H](OC(=O)N1CCC1)C1C[C@@H](C)[C@H]2C(O1)[C@H](O)[C@@]1(C)C3CC[C@H]4C(C)(C)[C@@H](OC(=O)N[C@@H](C)C(=O)O)CC[C@@]45C[C@@]35CC[C@]21C. The first-order valence-electron chi connectivity index (χ1n) is 18.9. The minimum absolute atomic E-state index is 0.0651. The van der Waals surface area contributed by atoms with Crippen LogP contribution >= 0.6 is 0 Å². The van der Waals surface area contributed by atoms with Crippen molar-refractivity contribution in [2.24, 2.45) is 56.7 Å². The second-order valence-corrected chi connectivity index (χ2v) is 18.6. The predicted molar refractivity (Wildman–Crippen MR) is 178 cm³/mol. The quantitative estimate of drug-likeness (QED) is 0.302. The highest BCUT2D eigenvalue weighted by molar-refractivity contribution is 5.79. The molecule has 5 aliphatic carbocycles. The van der Waals surface area contributed by atoms with Crippen molar-refractivity contribution in [2.45, 2.75) is 150 Å². The van der Waals surface area contributed by atoms with Crippen LogP contribution in [0.15, 0.2) is 0 Å². The van der Waals surface area contributed by atoms with Crippen molar-refractivity contribution >= 4 is 18.2 Å². The Morgan fingerprint density at radius 1 is 0.958 bits per heavy atom. The van der Waals surface area contributed by atoms with Gasteiger partial charge in [-0.1, -0.05) is 48.5 Å². The van der Waals surface area contributed by atoms with Crippen molar-refractivity contribution in [3.63, 3.8) is 0 Å². The molecule has 2 aliphatic heterocycles. The second-order valence-electron chi connectivity index (χ2n) is 18.6. The number of ether oxygens (including phenoxy) is 3. The molecule has 3 N–H and O–H groups in total. The van der Waals surface area contributed by atoms with E-state index in [2.05, 4.69) is 53.8 Å². The lowest BCUT2D eigenvalue weighted by Gasteiger charge is -2.63. The fourth-order valence-corrected chi connectivity index (χ4v) is 13.5. The summed E-state index contributed by atoms with van der Waals surface area (Å²) in [5.41, 5.74) is -0.277. The molecule has 48 heavy (non-hydrogen) atoms. The lowest BCUT2D eigenvalue weighted by atomic mass is 9.41. The topological polar surface area (TPSA) is 135 Å². The molecule has 2 spiro atoms. The third-order valence-corrected chi connectivity index (χ3v) is 16.1. The number of alkyl carbamates (subject to hydrolysis) is 1. The number of likely N-dealkylation sites (tertiary alicyclic amines) is 1. The van der Waals surface area contributed by atoms with Crippen LogP contribution in [0.4, 0.5) is 9.59 Å². The largest absolute Gasteiger partial charge is 0.480 e. The molecule has 2 heterocycles. The number of carbonyl (C=O) groups excluding carboxylic acids is 2. The lowest BCUT2D eigenvalue weighted by Crippen LogP contribution is -2.60. The van der Waals surface area contributed by atoms with Crippen molar-refractivity contribution in [1.29, 1.82) is 0 Å². The molecule has 10 nitrogen and oxygen atoms in total. The van der Waals surface area contributed by atoms with E-state index in [1.807, 2.05) is 0 Å². The monoisotopic (exact) mass is 672 g/mol. The van der Waals surface area contributed by atoms with E-state index in [-0.39, 0.29) is 69.4 Å². The molecule has 10 heteroatoms. The number of hydrogen-bond donors (Lipinski definition) is 3. The smallest absolute Gasteiger partial charge is 0.410 e. The van der Waals surface area contributed by atoms with Crippen molar-refractivity contribution in [2.75, 3.05) is 13.1 Å². The fraction of sp³-hybridized carbons (Fsp3) is 0.921. The van der Waals surface area contributed by atoms with Gasteiger partial charge in [0.05, 0.1) is 18.3 Å². The summed E-state index contributed by atoms with van der Waals surface area (Å²) in [6, 6.07) is -1.00. The number of carboxylic acid groups (broad SMARTS) is 1. The summed E-state index contributed by atoms with van der Waals surface area (Å²) in [5.74, 6) is 0.372. The minimum atomic E-state index is -1.08. The van der Waals surface area contributed by atoms with Crippen LogP contribution in [0.3, 0.4) is 0 Å². The number of carbonyl (C=O) groups is 3. The van der Waals surface area contributed by atoms with Gasteiger partial charge in [0.2, 0.25) is 0 Å². The summed E-state index contributed by atoms with van der Waals surface area (Å²) in [5, 5.41) is 24.3. The Kier molecular flexibility index (Phi) is 8.03. The maximum absolute atomic E-state index is 12.9. The molecule has 0 radical (unpaired) electrons. The Morgan fingerprint density at radius 2 is 1.62 bits per heavy atom. The van der Waals surface area contributed by atoms with Gasteiger partial charge in [-0.15, -0.1) is 0 Å². The Hall–Kier alpha value is -2.07. The van der Waals surface area contributed by atoms with E-state index in [1.54, 1.807) is 4.90 Å². The predicted octanol–water partition coefficient (Wildman–Crippen LogP) is 6.23. The molecule has 270 valence electrons. The van der Waals surface area contributed by atoms with E-state index in [9.17, 15) is 24.6 Å². The highest BCUT2D eigenvalue weighted by Crippen LogP contribution is 2.89. The molecule has 5 saturated carbocycles. The number of carboxylic acids is 1. The summed E-state index contributed by atoms with van der Waals surface area (Å²) in [7, 11) is 0. The molecule has 7 rings (SSSR count). The van der Waals surface area contributed by atoms with Gasteiger partial charge in [-0.3, -0.25) is 4.79 Å². The van der Waals surface area contributed by atoms with Crippen LogP contribution in [0.1, 0.15) is 113 Å². The zero-order chi connectivity index (χ0) is 34.8. The summed E-state index contributed by atoms with van der Waals surface area (Å²) in [6.45, 7) is 18.8. The summed E-state index contributed by atoms with van der Waals surface area (Å²) >= 11 is 0. The molecule has 14 atom stereocenters. The number of nitrogens with one attached hydrogen (secondary N) is 1. The third kappa shape index (κ3) is 4.51. The van der Waals surface area contributed by atoms with Gasteiger partial charge in [-0.05, 0) is 111 Å². The van der Waals surface area contributed by atoms with Gasteiger partial charge in [0, 0.05) is 23.9 Å². The van der Waals surface area contributed by atoms with Crippen LogP contribution < -0.4 is 5.32 Å². The molecule has 0 aromatic carbocycles. The van der Waals surface area contributed by atoms with E-state index in [4.69, 9.17) is 14.2 Å². The van der Waals surface area contributed by atoms with Gasteiger partial charge in [0.15, 0.2) is 0 Å². The maximum atomic E-state index is 12.9. The normalized spacial score (nSPS) is 47.9. The van der Waals surface area contributed by atoms with Gasteiger partial charge in [0.25, 0.3) is 0 Å². The van der Waals surface area contributed by atoms with Crippen molar-refractivity contribution in [3.05, 3.63) is 0 Å². The van der Waals surface area contributed by atoms with Gasteiger partial charge in [-0.25, -0.2) is 9.59 Å². The molecule has 7 aliphatic rings. The summed E-state index contributed by atoms with van der Waals surface area (Å²) in [4.78, 5) is 38.7.